The molecule has 1 fully saturated rings. The maximum atomic E-state index is 13.4. The first-order valence-electron chi connectivity index (χ1n) is 11.4. The van der Waals surface area contributed by atoms with Gasteiger partial charge in [0, 0.05) is 12.8 Å². The number of anilines is 1. The summed E-state index contributed by atoms with van der Waals surface area (Å²) in [4.78, 5) is -0.696. The predicted octanol–water partition coefficient (Wildman–Crippen LogP) is 4.51. The fourth-order valence-electron chi connectivity index (χ4n) is 4.54. The smallest absolute Gasteiger partial charge is 0.416 e. The van der Waals surface area contributed by atoms with Crippen LogP contribution in [0.1, 0.15) is 42.0 Å². The minimum absolute atomic E-state index is 0.101. The molecular formula is C23H25F5N2O5S2. The molecule has 0 saturated heterocycles. The van der Waals surface area contributed by atoms with Gasteiger partial charge in [-0.2, -0.15) is 22.0 Å². The van der Waals surface area contributed by atoms with Crippen molar-refractivity contribution in [1.82, 2.24) is 4.72 Å². The molecule has 0 bridgehead atoms. The number of sulfonamides is 1. The van der Waals surface area contributed by atoms with Crippen LogP contribution in [0.5, 0.6) is 5.75 Å². The molecule has 2 aliphatic carbocycles. The zero-order valence-electron chi connectivity index (χ0n) is 19.6. The van der Waals surface area contributed by atoms with Gasteiger partial charge in [-0.25, -0.2) is 21.6 Å². The lowest BCUT2D eigenvalue weighted by atomic mass is 10.1. The Balaban J connectivity index is 1.65. The summed E-state index contributed by atoms with van der Waals surface area (Å²) in [5, 5.41) is 1.95. The number of fused-ring (bicyclic) bond motifs is 1. The minimum Gasteiger partial charge on any atom is -0.435 e. The lowest BCUT2D eigenvalue weighted by Crippen LogP contribution is -2.38. The molecule has 14 heteroatoms. The van der Waals surface area contributed by atoms with Crippen molar-refractivity contribution in [2.45, 2.75) is 54.7 Å². The van der Waals surface area contributed by atoms with Gasteiger partial charge in [0.1, 0.15) is 10.6 Å². The van der Waals surface area contributed by atoms with E-state index in [0.29, 0.717) is 37.3 Å². The van der Waals surface area contributed by atoms with Crippen molar-refractivity contribution in [3.63, 3.8) is 0 Å². The Kier molecular flexibility index (Phi) is 7.47. The van der Waals surface area contributed by atoms with Gasteiger partial charge in [-0.15, -0.1) is 0 Å². The molecule has 0 aliphatic heterocycles. The first-order valence-corrected chi connectivity index (χ1v) is 14.8. The van der Waals surface area contributed by atoms with Crippen LogP contribution in [0.15, 0.2) is 41.3 Å². The average molecular weight is 569 g/mol. The molecule has 1 unspecified atom stereocenters. The van der Waals surface area contributed by atoms with Gasteiger partial charge in [0.25, 0.3) is 0 Å². The summed E-state index contributed by atoms with van der Waals surface area (Å²) in [6.45, 7) is -3.52. The van der Waals surface area contributed by atoms with Gasteiger partial charge in [0.05, 0.1) is 22.5 Å². The standard InChI is InChI=1S/C23H25F5N2O5S2/c1-36(31,32)21(14-2-3-14)12-29-37(33,34)20-10-15(23(26,27)28)6-9-19(20)30-18-8-5-13-4-7-16(11-17(13)18)35-22(24)25/h4,6-7,9-11,14,18,21-22,29-30H,2-3,5,8,12H2,1H3/t18-,21?/m1/s1. The molecule has 2 aromatic carbocycles. The van der Waals surface area contributed by atoms with E-state index in [2.05, 4.69) is 14.8 Å². The predicted molar refractivity (Wildman–Crippen MR) is 126 cm³/mol. The number of ether oxygens (including phenoxy) is 1. The van der Waals surface area contributed by atoms with Crippen molar-refractivity contribution in [3.8, 4) is 5.75 Å². The summed E-state index contributed by atoms with van der Waals surface area (Å²) in [6, 6.07) is 5.99. The number of benzene rings is 2. The minimum atomic E-state index is -4.83. The summed E-state index contributed by atoms with van der Waals surface area (Å²) in [5.41, 5.74) is 0.0230. The van der Waals surface area contributed by atoms with Crippen molar-refractivity contribution >= 4 is 25.5 Å². The highest BCUT2D eigenvalue weighted by Crippen LogP contribution is 2.40. The van der Waals surface area contributed by atoms with Crippen LogP contribution in [-0.2, 0) is 32.5 Å². The van der Waals surface area contributed by atoms with Crippen LogP contribution in [0.4, 0.5) is 27.6 Å². The van der Waals surface area contributed by atoms with E-state index in [1.54, 1.807) is 6.07 Å². The Morgan fingerprint density at radius 1 is 1.03 bits per heavy atom. The number of aryl methyl sites for hydroxylation is 1. The van der Waals surface area contributed by atoms with Crippen LogP contribution in [0.2, 0.25) is 0 Å². The monoisotopic (exact) mass is 568 g/mol. The summed E-state index contributed by atoms with van der Waals surface area (Å²) in [6.07, 6.45) is -1.64. The zero-order chi connectivity index (χ0) is 27.2. The van der Waals surface area contributed by atoms with Crippen LogP contribution in [0, 0.1) is 5.92 Å². The van der Waals surface area contributed by atoms with Crippen molar-refractivity contribution in [2.24, 2.45) is 5.92 Å². The van der Waals surface area contributed by atoms with Gasteiger partial charge in [0.2, 0.25) is 10.0 Å². The summed E-state index contributed by atoms with van der Waals surface area (Å²) >= 11 is 0. The Bertz CT molecular complexity index is 1380. The number of hydrogen-bond donors (Lipinski definition) is 2. The molecule has 0 amide bonds. The molecule has 1 saturated carbocycles. The van der Waals surface area contributed by atoms with Crippen LogP contribution >= 0.6 is 0 Å². The molecule has 2 N–H and O–H groups in total. The second-order valence-corrected chi connectivity index (χ2v) is 13.2. The lowest BCUT2D eigenvalue weighted by molar-refractivity contribution is -0.137. The lowest BCUT2D eigenvalue weighted by Gasteiger charge is -2.21. The molecule has 0 radical (unpaired) electrons. The van der Waals surface area contributed by atoms with Gasteiger partial charge in [0.15, 0.2) is 9.84 Å². The first kappa shape index (κ1) is 27.6. The van der Waals surface area contributed by atoms with E-state index in [9.17, 15) is 38.8 Å². The van der Waals surface area contributed by atoms with Crippen LogP contribution < -0.4 is 14.8 Å². The number of rotatable bonds is 10. The van der Waals surface area contributed by atoms with Crippen molar-refractivity contribution in [2.75, 3.05) is 18.1 Å². The average Bonchev–Trinajstić information content (AvgIpc) is 3.53. The molecule has 37 heavy (non-hydrogen) atoms. The van der Waals surface area contributed by atoms with Crippen molar-refractivity contribution < 1.29 is 43.5 Å². The van der Waals surface area contributed by atoms with E-state index in [-0.39, 0.29) is 17.4 Å². The topological polar surface area (TPSA) is 102 Å². The third-order valence-corrected chi connectivity index (χ3v) is 9.64. The van der Waals surface area contributed by atoms with E-state index in [0.717, 1.165) is 24.0 Å². The van der Waals surface area contributed by atoms with E-state index in [1.807, 2.05) is 0 Å². The quantitative estimate of drug-likeness (QED) is 0.409. The highest BCUT2D eigenvalue weighted by Gasteiger charge is 2.39. The van der Waals surface area contributed by atoms with E-state index in [1.165, 1.54) is 12.1 Å². The van der Waals surface area contributed by atoms with Crippen LogP contribution in [-0.4, -0.2) is 41.5 Å². The highest BCUT2D eigenvalue weighted by molar-refractivity contribution is 7.91. The molecule has 0 heterocycles. The molecule has 2 atom stereocenters. The van der Waals surface area contributed by atoms with Crippen LogP contribution in [0.3, 0.4) is 0 Å². The Morgan fingerprint density at radius 3 is 2.32 bits per heavy atom. The molecule has 204 valence electrons. The van der Waals surface area contributed by atoms with Crippen molar-refractivity contribution in [3.05, 3.63) is 53.1 Å². The molecule has 0 aromatic heterocycles. The van der Waals surface area contributed by atoms with E-state index in [4.69, 9.17) is 0 Å². The summed E-state index contributed by atoms with van der Waals surface area (Å²) in [7, 11) is -8.18. The zero-order valence-corrected chi connectivity index (χ0v) is 21.2. The van der Waals surface area contributed by atoms with Gasteiger partial charge >= 0.3 is 12.8 Å². The molecule has 2 aromatic rings. The Morgan fingerprint density at radius 2 is 1.73 bits per heavy atom. The normalized spacial score (nSPS) is 19.1. The van der Waals surface area contributed by atoms with Gasteiger partial charge in [-0.05, 0) is 73.1 Å². The fourth-order valence-corrected chi connectivity index (χ4v) is 7.26. The van der Waals surface area contributed by atoms with E-state index >= 15 is 0 Å². The second-order valence-electron chi connectivity index (χ2n) is 9.24. The summed E-state index contributed by atoms with van der Waals surface area (Å²) < 4.78 is 123. The third kappa shape index (κ3) is 6.52. The van der Waals surface area contributed by atoms with Crippen LogP contribution in [0.25, 0.3) is 0 Å². The maximum absolute atomic E-state index is 13.4. The number of halogens is 5. The maximum Gasteiger partial charge on any atom is 0.416 e. The van der Waals surface area contributed by atoms with Crippen molar-refractivity contribution in [1.29, 1.82) is 0 Å². The number of nitrogens with one attached hydrogen (secondary N) is 2. The van der Waals surface area contributed by atoms with Gasteiger partial charge in [-0.1, -0.05) is 6.07 Å². The number of sulfone groups is 1. The third-order valence-electron chi connectivity index (χ3n) is 6.52. The second kappa shape index (κ2) is 10.0. The molecule has 7 nitrogen and oxygen atoms in total. The number of hydrogen-bond acceptors (Lipinski definition) is 6. The largest absolute Gasteiger partial charge is 0.435 e. The number of alkyl halides is 5. The molecule has 4 rings (SSSR count). The van der Waals surface area contributed by atoms with Gasteiger partial charge < -0.3 is 10.1 Å². The Hall–Kier alpha value is -2.45. The molecule has 0 spiro atoms. The van der Waals surface area contributed by atoms with E-state index < -0.39 is 60.9 Å². The summed E-state index contributed by atoms with van der Waals surface area (Å²) in [5.74, 6) is -0.312. The molecule has 2 aliphatic rings. The van der Waals surface area contributed by atoms with Gasteiger partial charge in [-0.3, -0.25) is 0 Å². The molecular weight excluding hydrogens is 543 g/mol. The Labute approximate surface area is 211 Å². The fraction of sp³-hybridized carbons (Fsp3) is 0.478. The highest BCUT2D eigenvalue weighted by atomic mass is 32.2. The SMILES string of the molecule is CS(=O)(=O)C(CNS(=O)(=O)c1cc(C(F)(F)F)ccc1N[C@@H]1CCc2ccc(OC(F)F)cc21)C1CC1. The first-order chi connectivity index (χ1) is 17.1.